The van der Waals surface area contributed by atoms with Crippen LogP contribution in [0.5, 0.6) is 0 Å². The van der Waals surface area contributed by atoms with Crippen LogP contribution in [0.1, 0.15) is 23.2 Å². The molecule has 2 aromatic carbocycles. The van der Waals surface area contributed by atoms with Gasteiger partial charge < -0.3 is 14.6 Å². The smallest absolute Gasteiger partial charge is 0.340 e. The Balaban J connectivity index is 1.54. The third-order valence-electron chi connectivity index (χ3n) is 5.33. The van der Waals surface area contributed by atoms with Crippen molar-refractivity contribution in [3.63, 3.8) is 0 Å². The Morgan fingerprint density at radius 1 is 1.06 bits per heavy atom. The van der Waals surface area contributed by atoms with Crippen molar-refractivity contribution in [1.29, 1.82) is 0 Å². The summed E-state index contributed by atoms with van der Waals surface area (Å²) in [5, 5.41) is 3.45. The molecule has 1 saturated heterocycles. The first kappa shape index (κ1) is 21.1. The van der Waals surface area contributed by atoms with Crippen molar-refractivity contribution in [3.8, 4) is 0 Å². The van der Waals surface area contributed by atoms with Gasteiger partial charge >= 0.3 is 5.97 Å². The summed E-state index contributed by atoms with van der Waals surface area (Å²) in [5.74, 6) is -0.817. The maximum absolute atomic E-state index is 12.8. The minimum atomic E-state index is -3.57. The van der Waals surface area contributed by atoms with Crippen LogP contribution in [-0.2, 0) is 26.1 Å². The fraction of sp³-hybridized carbons (Fsp3) is 0.273. The summed E-state index contributed by atoms with van der Waals surface area (Å²) in [7, 11) is -2.26. The van der Waals surface area contributed by atoms with E-state index in [9.17, 15) is 18.0 Å². The summed E-state index contributed by atoms with van der Waals surface area (Å²) in [6.07, 6.45) is 3.30. The van der Waals surface area contributed by atoms with Crippen LogP contribution in [0.15, 0.2) is 59.6 Å². The summed E-state index contributed by atoms with van der Waals surface area (Å²) >= 11 is 0. The zero-order valence-electron chi connectivity index (χ0n) is 17.1. The Kier molecular flexibility index (Phi) is 5.79. The van der Waals surface area contributed by atoms with Crippen LogP contribution in [0.2, 0.25) is 0 Å². The molecule has 0 aliphatic carbocycles. The minimum absolute atomic E-state index is 0.0411. The van der Waals surface area contributed by atoms with E-state index in [0.717, 1.165) is 18.4 Å². The molecule has 0 bridgehead atoms. The summed E-state index contributed by atoms with van der Waals surface area (Å²) in [6, 6.07) is 13.5. The van der Waals surface area contributed by atoms with E-state index in [2.05, 4.69) is 5.32 Å². The monoisotopic (exact) mass is 441 g/mol. The van der Waals surface area contributed by atoms with Crippen molar-refractivity contribution in [1.82, 2.24) is 8.87 Å². The number of fused-ring (bicyclic) bond motifs is 1. The van der Waals surface area contributed by atoms with Crippen molar-refractivity contribution >= 4 is 38.5 Å². The molecule has 0 unspecified atom stereocenters. The van der Waals surface area contributed by atoms with Gasteiger partial charge in [-0.3, -0.25) is 4.79 Å². The molecule has 0 radical (unpaired) electrons. The fourth-order valence-corrected chi connectivity index (χ4v) is 5.38. The van der Waals surface area contributed by atoms with Crippen molar-refractivity contribution < 1.29 is 22.7 Å². The van der Waals surface area contributed by atoms with Gasteiger partial charge in [-0.25, -0.2) is 13.2 Å². The third-order valence-corrected chi connectivity index (χ3v) is 7.22. The van der Waals surface area contributed by atoms with Gasteiger partial charge in [-0.2, -0.15) is 4.31 Å². The highest BCUT2D eigenvalue weighted by molar-refractivity contribution is 7.89. The highest BCUT2D eigenvalue weighted by Crippen LogP contribution is 2.24. The van der Waals surface area contributed by atoms with Crippen LogP contribution >= 0.6 is 0 Å². The highest BCUT2D eigenvalue weighted by atomic mass is 32.2. The second-order valence-corrected chi connectivity index (χ2v) is 9.30. The van der Waals surface area contributed by atoms with Gasteiger partial charge in [-0.1, -0.05) is 24.3 Å². The molecule has 9 heteroatoms. The van der Waals surface area contributed by atoms with Crippen molar-refractivity contribution in [3.05, 3.63) is 60.3 Å². The van der Waals surface area contributed by atoms with Gasteiger partial charge in [0.1, 0.15) is 6.54 Å². The van der Waals surface area contributed by atoms with E-state index in [1.165, 1.54) is 23.5 Å². The summed E-state index contributed by atoms with van der Waals surface area (Å²) in [5.41, 5.74) is 1.50. The first-order valence-electron chi connectivity index (χ1n) is 9.96. The quantitative estimate of drug-likeness (QED) is 0.593. The second-order valence-electron chi connectivity index (χ2n) is 7.37. The van der Waals surface area contributed by atoms with Crippen LogP contribution < -0.4 is 5.32 Å². The molecule has 0 saturated carbocycles. The molecule has 1 aromatic heterocycles. The number of nitrogens with zero attached hydrogens (tertiary/aromatic N) is 2. The first-order chi connectivity index (χ1) is 14.9. The molecule has 8 nitrogen and oxygen atoms in total. The molecule has 31 heavy (non-hydrogen) atoms. The second kappa shape index (κ2) is 8.52. The topological polar surface area (TPSA) is 97.7 Å². The first-order valence-corrected chi connectivity index (χ1v) is 11.4. The number of methoxy groups -OCH3 is 1. The number of esters is 1. The van der Waals surface area contributed by atoms with Crippen LogP contribution in [0.3, 0.4) is 0 Å². The molecular weight excluding hydrogens is 418 g/mol. The summed E-state index contributed by atoms with van der Waals surface area (Å²) < 4.78 is 33.5. The lowest BCUT2D eigenvalue weighted by molar-refractivity contribution is -0.116. The lowest BCUT2D eigenvalue weighted by atomic mass is 10.2. The van der Waals surface area contributed by atoms with Crippen molar-refractivity contribution in [2.24, 2.45) is 0 Å². The Morgan fingerprint density at radius 2 is 1.81 bits per heavy atom. The van der Waals surface area contributed by atoms with E-state index in [1.54, 1.807) is 29.0 Å². The Labute approximate surface area is 180 Å². The maximum Gasteiger partial charge on any atom is 0.340 e. The maximum atomic E-state index is 12.8. The number of amides is 1. The number of sulfonamides is 1. The molecule has 1 aliphatic rings. The van der Waals surface area contributed by atoms with E-state index in [4.69, 9.17) is 4.74 Å². The van der Waals surface area contributed by atoms with Crippen LogP contribution in [0, 0.1) is 0 Å². The number of aromatic nitrogens is 1. The average Bonchev–Trinajstić information content (AvgIpc) is 3.43. The number of nitrogens with one attached hydrogen (secondary N) is 1. The number of anilines is 1. The van der Waals surface area contributed by atoms with E-state index < -0.39 is 16.0 Å². The molecule has 2 heterocycles. The van der Waals surface area contributed by atoms with E-state index in [-0.39, 0.29) is 17.3 Å². The molecule has 3 aromatic rings. The Morgan fingerprint density at radius 3 is 2.55 bits per heavy atom. The number of benzene rings is 2. The van der Waals surface area contributed by atoms with Gasteiger partial charge in [0.15, 0.2) is 0 Å². The normalized spacial score (nSPS) is 14.6. The number of rotatable bonds is 6. The number of para-hydroxylation sites is 1. The van der Waals surface area contributed by atoms with Crippen molar-refractivity contribution in [2.75, 3.05) is 25.5 Å². The predicted octanol–water partition coefficient (Wildman–Crippen LogP) is 2.85. The molecular formula is C22H23N3O5S. The van der Waals surface area contributed by atoms with E-state index in [0.29, 0.717) is 29.7 Å². The van der Waals surface area contributed by atoms with Gasteiger partial charge in [-0.05, 0) is 37.1 Å². The van der Waals surface area contributed by atoms with Gasteiger partial charge in [0.05, 0.1) is 17.6 Å². The Bertz CT molecular complexity index is 1240. The highest BCUT2D eigenvalue weighted by Gasteiger charge is 2.27. The standard InChI is InChI=1S/C22H23N3O5S/c1-30-22(27)19-14-24(20-10-3-2-9-18(19)20)15-21(26)23-16-7-6-8-17(13-16)31(28,29)25-11-4-5-12-25/h2-3,6-10,13-14H,4-5,11-12,15H2,1H3,(H,23,26). The molecule has 1 amide bonds. The number of carbonyl (C=O) groups excluding carboxylic acids is 2. The van der Waals surface area contributed by atoms with Gasteiger partial charge in [0, 0.05) is 35.9 Å². The van der Waals surface area contributed by atoms with Crippen molar-refractivity contribution in [2.45, 2.75) is 24.3 Å². The number of ether oxygens (including phenoxy) is 1. The minimum Gasteiger partial charge on any atom is -0.465 e. The molecule has 1 aliphatic heterocycles. The Hall–Kier alpha value is -3.17. The zero-order valence-corrected chi connectivity index (χ0v) is 17.9. The molecule has 0 atom stereocenters. The largest absolute Gasteiger partial charge is 0.465 e. The SMILES string of the molecule is COC(=O)c1cn(CC(=O)Nc2cccc(S(=O)(=O)N3CCCC3)c2)c2ccccc12. The van der Waals surface area contributed by atoms with Gasteiger partial charge in [-0.15, -0.1) is 0 Å². The number of hydrogen-bond donors (Lipinski definition) is 1. The van der Waals surface area contributed by atoms with Gasteiger partial charge in [0.2, 0.25) is 15.9 Å². The number of hydrogen-bond acceptors (Lipinski definition) is 5. The lowest BCUT2D eigenvalue weighted by Gasteiger charge is -2.16. The molecule has 1 N–H and O–H groups in total. The molecule has 1 fully saturated rings. The van der Waals surface area contributed by atoms with Gasteiger partial charge in [0.25, 0.3) is 0 Å². The summed E-state index contributed by atoms with van der Waals surface area (Å²) in [6.45, 7) is 0.991. The number of carbonyl (C=O) groups is 2. The van der Waals surface area contributed by atoms with E-state index in [1.807, 2.05) is 18.2 Å². The van der Waals surface area contributed by atoms with Crippen LogP contribution in [-0.4, -0.2) is 49.4 Å². The summed E-state index contributed by atoms with van der Waals surface area (Å²) in [4.78, 5) is 24.9. The van der Waals surface area contributed by atoms with E-state index >= 15 is 0 Å². The molecule has 4 rings (SSSR count). The fourth-order valence-electron chi connectivity index (χ4n) is 3.82. The molecule has 162 valence electrons. The van der Waals surface area contributed by atoms with Crippen LogP contribution in [0.4, 0.5) is 5.69 Å². The zero-order chi connectivity index (χ0) is 22.0. The third kappa shape index (κ3) is 4.19. The van der Waals surface area contributed by atoms with Crippen LogP contribution in [0.25, 0.3) is 10.9 Å². The average molecular weight is 442 g/mol. The predicted molar refractivity (Wildman–Crippen MR) is 116 cm³/mol. The lowest BCUT2D eigenvalue weighted by Crippen LogP contribution is -2.28. The molecule has 0 spiro atoms.